The fraction of sp³-hybridized carbons (Fsp3) is 0.368. The van der Waals surface area contributed by atoms with Crippen molar-refractivity contribution in [1.29, 1.82) is 0 Å². The summed E-state index contributed by atoms with van der Waals surface area (Å²) in [6.07, 6.45) is 2.14. The summed E-state index contributed by atoms with van der Waals surface area (Å²) in [5.41, 5.74) is 2.51. The first-order valence-electron chi connectivity index (χ1n) is 8.30. The molecule has 1 N–H and O–H groups in total. The fourth-order valence-corrected chi connectivity index (χ4v) is 4.25. The molecule has 0 radical (unpaired) electrons. The van der Waals surface area contributed by atoms with Gasteiger partial charge in [0.1, 0.15) is 5.72 Å². The molecule has 2 aromatic carbocycles. The Balaban J connectivity index is 1.36. The van der Waals surface area contributed by atoms with Crippen LogP contribution >= 0.6 is 11.9 Å². The van der Waals surface area contributed by atoms with E-state index in [-0.39, 0.29) is 5.72 Å². The van der Waals surface area contributed by atoms with Crippen LogP contribution in [-0.4, -0.2) is 36.3 Å². The minimum atomic E-state index is -0.0335. The van der Waals surface area contributed by atoms with Crippen molar-refractivity contribution in [2.75, 3.05) is 26.2 Å². The molecular weight excluding hydrogens is 304 g/mol. The van der Waals surface area contributed by atoms with Crippen molar-refractivity contribution in [3.63, 3.8) is 0 Å². The predicted octanol–water partition coefficient (Wildman–Crippen LogP) is 3.77. The Kier molecular flexibility index (Phi) is 4.40. The molecule has 0 bridgehead atoms. The highest BCUT2D eigenvalue weighted by Gasteiger charge is 2.38. The molecule has 2 aliphatic heterocycles. The second-order valence-electron chi connectivity index (χ2n) is 6.18. The summed E-state index contributed by atoms with van der Waals surface area (Å²) in [5, 5.41) is 3.52. The van der Waals surface area contributed by atoms with Gasteiger partial charge >= 0.3 is 0 Å². The molecule has 1 spiro atoms. The summed E-state index contributed by atoms with van der Waals surface area (Å²) < 4.78 is 8.35. The van der Waals surface area contributed by atoms with Crippen LogP contribution < -0.4 is 5.32 Å². The number of piperidine rings is 1. The fourth-order valence-electron chi connectivity index (χ4n) is 3.32. The quantitative estimate of drug-likeness (QED) is 0.868. The van der Waals surface area contributed by atoms with Crippen molar-refractivity contribution in [3.05, 3.63) is 54.6 Å². The number of hydrogen-bond donors (Lipinski definition) is 1. The maximum Gasteiger partial charge on any atom is 0.121 e. The molecule has 3 nitrogen and oxygen atoms in total. The van der Waals surface area contributed by atoms with E-state index >= 15 is 0 Å². The van der Waals surface area contributed by atoms with Gasteiger partial charge in [0.2, 0.25) is 0 Å². The van der Waals surface area contributed by atoms with E-state index in [1.54, 1.807) is 0 Å². The third kappa shape index (κ3) is 3.45. The van der Waals surface area contributed by atoms with Gasteiger partial charge in [0.15, 0.2) is 0 Å². The molecule has 0 saturated carbocycles. The van der Waals surface area contributed by atoms with Crippen molar-refractivity contribution >= 4 is 11.9 Å². The van der Waals surface area contributed by atoms with E-state index in [4.69, 9.17) is 4.74 Å². The zero-order chi connectivity index (χ0) is 15.5. The van der Waals surface area contributed by atoms with Crippen LogP contribution in [0.1, 0.15) is 12.8 Å². The zero-order valence-corrected chi connectivity index (χ0v) is 14.0. The lowest BCUT2D eigenvalue weighted by molar-refractivity contribution is -0.0434. The van der Waals surface area contributed by atoms with Crippen LogP contribution in [0.4, 0.5) is 0 Å². The van der Waals surface area contributed by atoms with E-state index in [0.29, 0.717) is 0 Å². The topological polar surface area (TPSA) is 24.5 Å². The van der Waals surface area contributed by atoms with Gasteiger partial charge in [0.05, 0.1) is 6.61 Å². The summed E-state index contributed by atoms with van der Waals surface area (Å²) in [4.78, 5) is 1.31. The standard InChI is InChI=1S/C19H22N2OS/c1-2-4-16(5-3-1)17-6-8-18(9-7-17)23-21-13-10-19(11-14-21)20-12-15-22-19/h1-9,20H,10-15H2. The molecule has 0 atom stereocenters. The third-order valence-corrected chi connectivity index (χ3v) is 5.76. The Bertz CT molecular complexity index is 628. The molecular formula is C19H22N2OS. The van der Waals surface area contributed by atoms with Gasteiger partial charge < -0.3 is 4.74 Å². The molecule has 2 aliphatic rings. The summed E-state index contributed by atoms with van der Waals surface area (Å²) in [5.74, 6) is 0. The number of nitrogens with zero attached hydrogens (tertiary/aromatic N) is 1. The molecule has 2 aromatic rings. The number of benzene rings is 2. The SMILES string of the molecule is c1ccc(-c2ccc(SN3CCC4(CC3)NCCO4)cc2)cc1. The predicted molar refractivity (Wildman–Crippen MR) is 95.2 cm³/mol. The summed E-state index contributed by atoms with van der Waals surface area (Å²) in [6, 6.07) is 19.4. The van der Waals surface area contributed by atoms with Gasteiger partial charge in [-0.3, -0.25) is 5.32 Å². The molecule has 2 fully saturated rings. The number of ether oxygens (including phenoxy) is 1. The second kappa shape index (κ2) is 6.65. The minimum absolute atomic E-state index is 0.0335. The highest BCUT2D eigenvalue weighted by atomic mass is 32.2. The lowest BCUT2D eigenvalue weighted by Crippen LogP contribution is -2.49. The van der Waals surface area contributed by atoms with E-state index in [2.05, 4.69) is 64.2 Å². The van der Waals surface area contributed by atoms with Gasteiger partial charge in [-0.05, 0) is 35.2 Å². The third-order valence-electron chi connectivity index (χ3n) is 4.65. The van der Waals surface area contributed by atoms with Crippen LogP contribution in [0.25, 0.3) is 11.1 Å². The summed E-state index contributed by atoms with van der Waals surface area (Å²) in [6.45, 7) is 3.98. The lowest BCUT2D eigenvalue weighted by atomic mass is 10.0. The van der Waals surface area contributed by atoms with Crippen molar-refractivity contribution in [2.24, 2.45) is 0 Å². The smallest absolute Gasteiger partial charge is 0.121 e. The average molecular weight is 326 g/mol. The van der Waals surface area contributed by atoms with E-state index in [1.165, 1.54) is 16.0 Å². The molecule has 0 aromatic heterocycles. The highest BCUT2D eigenvalue weighted by molar-refractivity contribution is 7.97. The average Bonchev–Trinajstić information content (AvgIpc) is 3.07. The van der Waals surface area contributed by atoms with Gasteiger partial charge in [-0.15, -0.1) is 0 Å². The van der Waals surface area contributed by atoms with E-state index in [1.807, 2.05) is 11.9 Å². The normalized spacial score (nSPS) is 20.9. The van der Waals surface area contributed by atoms with Gasteiger partial charge in [-0.25, -0.2) is 4.31 Å². The molecule has 0 amide bonds. The number of rotatable bonds is 3. The van der Waals surface area contributed by atoms with Gasteiger partial charge in [-0.2, -0.15) is 0 Å². The number of nitrogens with one attached hydrogen (secondary N) is 1. The van der Waals surface area contributed by atoms with Crippen LogP contribution in [0.15, 0.2) is 59.5 Å². The zero-order valence-electron chi connectivity index (χ0n) is 13.2. The number of hydrogen-bond acceptors (Lipinski definition) is 4. The monoisotopic (exact) mass is 326 g/mol. The van der Waals surface area contributed by atoms with Crippen molar-refractivity contribution < 1.29 is 4.74 Å². The van der Waals surface area contributed by atoms with E-state index in [9.17, 15) is 0 Å². The maximum absolute atomic E-state index is 5.90. The molecule has 0 unspecified atom stereocenters. The van der Waals surface area contributed by atoms with Crippen molar-refractivity contribution in [2.45, 2.75) is 23.5 Å². The van der Waals surface area contributed by atoms with E-state index < -0.39 is 0 Å². The molecule has 2 saturated heterocycles. The first kappa shape index (κ1) is 15.2. The Hall–Kier alpha value is -1.33. The Morgan fingerprint density at radius 1 is 0.913 bits per heavy atom. The molecule has 2 heterocycles. The van der Waals surface area contributed by atoms with Crippen LogP contribution in [0.2, 0.25) is 0 Å². The van der Waals surface area contributed by atoms with Gasteiger partial charge in [-0.1, -0.05) is 42.5 Å². The van der Waals surface area contributed by atoms with Crippen LogP contribution in [-0.2, 0) is 4.74 Å². The van der Waals surface area contributed by atoms with Crippen LogP contribution in [0.5, 0.6) is 0 Å². The van der Waals surface area contributed by atoms with E-state index in [0.717, 1.165) is 39.1 Å². The molecule has 4 rings (SSSR count). The minimum Gasteiger partial charge on any atom is -0.359 e. The first-order chi connectivity index (χ1) is 11.3. The van der Waals surface area contributed by atoms with Crippen molar-refractivity contribution in [3.8, 4) is 11.1 Å². The van der Waals surface area contributed by atoms with Gasteiger partial charge in [0, 0.05) is 37.4 Å². The Morgan fingerprint density at radius 2 is 1.61 bits per heavy atom. The molecule has 23 heavy (non-hydrogen) atoms. The Morgan fingerprint density at radius 3 is 2.26 bits per heavy atom. The molecule has 0 aliphatic carbocycles. The van der Waals surface area contributed by atoms with Crippen LogP contribution in [0, 0.1) is 0 Å². The maximum atomic E-state index is 5.90. The van der Waals surface area contributed by atoms with Crippen LogP contribution in [0.3, 0.4) is 0 Å². The lowest BCUT2D eigenvalue weighted by Gasteiger charge is -2.37. The summed E-state index contributed by atoms with van der Waals surface area (Å²) >= 11 is 1.86. The molecule has 4 heteroatoms. The first-order valence-corrected chi connectivity index (χ1v) is 9.08. The highest BCUT2D eigenvalue weighted by Crippen LogP contribution is 2.33. The van der Waals surface area contributed by atoms with Gasteiger partial charge in [0.25, 0.3) is 0 Å². The molecule has 120 valence electrons. The Labute approximate surface area is 142 Å². The second-order valence-corrected chi connectivity index (χ2v) is 7.35. The van der Waals surface area contributed by atoms with Crippen molar-refractivity contribution in [1.82, 2.24) is 9.62 Å². The summed E-state index contributed by atoms with van der Waals surface area (Å²) in [7, 11) is 0. The largest absolute Gasteiger partial charge is 0.359 e.